The Morgan fingerprint density at radius 1 is 1.00 bits per heavy atom. The van der Waals surface area contributed by atoms with Crippen LogP contribution in [0, 0.1) is 0 Å². The van der Waals surface area contributed by atoms with Crippen molar-refractivity contribution in [2.45, 2.75) is 58.8 Å². The van der Waals surface area contributed by atoms with Crippen LogP contribution in [0.3, 0.4) is 0 Å². The zero-order valence-corrected chi connectivity index (χ0v) is 17.9. The normalized spacial score (nSPS) is 11.7. The first kappa shape index (κ1) is 24.9. The Bertz CT molecular complexity index is 714. The van der Waals surface area contributed by atoms with Crippen molar-refractivity contribution in [3.63, 3.8) is 0 Å². The monoisotopic (exact) mass is 422 g/mol. The first-order valence-corrected chi connectivity index (χ1v) is 9.73. The number of nitrogens with one attached hydrogen (secondary N) is 2. The van der Waals surface area contributed by atoms with Gasteiger partial charge < -0.3 is 24.8 Å². The number of alkyl carbamates (subject to hydrolysis) is 1. The minimum Gasteiger partial charge on any atom is -0.465 e. The van der Waals surface area contributed by atoms with E-state index in [-0.39, 0.29) is 32.6 Å². The largest absolute Gasteiger partial charge is 0.465 e. The second-order valence-electron chi connectivity index (χ2n) is 7.41. The van der Waals surface area contributed by atoms with E-state index in [1.165, 1.54) is 0 Å². The van der Waals surface area contributed by atoms with E-state index in [1.807, 2.05) is 30.3 Å². The van der Waals surface area contributed by atoms with E-state index >= 15 is 0 Å². The van der Waals surface area contributed by atoms with Gasteiger partial charge in [-0.15, -0.1) is 0 Å². The Labute approximate surface area is 176 Å². The van der Waals surface area contributed by atoms with E-state index in [4.69, 9.17) is 14.2 Å². The van der Waals surface area contributed by atoms with Gasteiger partial charge in [-0.05, 0) is 39.7 Å². The predicted octanol–water partition coefficient (Wildman–Crippen LogP) is 2.08. The maximum absolute atomic E-state index is 12.4. The topological polar surface area (TPSA) is 120 Å². The smallest absolute Gasteiger partial charge is 0.408 e. The van der Waals surface area contributed by atoms with Gasteiger partial charge in [0.15, 0.2) is 0 Å². The molecule has 0 saturated carbocycles. The summed E-state index contributed by atoms with van der Waals surface area (Å²) in [6.45, 7) is 6.64. The summed E-state index contributed by atoms with van der Waals surface area (Å²) in [4.78, 5) is 47.9. The summed E-state index contributed by atoms with van der Waals surface area (Å²) in [5, 5.41) is 4.81. The molecule has 0 heterocycles. The number of hydrogen-bond donors (Lipinski definition) is 2. The van der Waals surface area contributed by atoms with Crippen LogP contribution in [0.1, 0.15) is 46.1 Å². The number of hydrogen-bond acceptors (Lipinski definition) is 7. The van der Waals surface area contributed by atoms with E-state index in [0.717, 1.165) is 5.56 Å². The summed E-state index contributed by atoms with van der Waals surface area (Å²) < 4.78 is 15.1. The standard InChI is InChI=1S/C21H30N2O7/c1-5-28-18(25)13-22-19(26)16(23-20(27)30-21(2,3)4)11-12-17(24)29-14-15-9-7-6-8-10-15/h6-10,16H,5,11-14H2,1-4H3,(H,22,26)(H,23,27)/t16-/m0/s1. The third-order valence-electron chi connectivity index (χ3n) is 3.60. The first-order valence-electron chi connectivity index (χ1n) is 9.73. The van der Waals surface area contributed by atoms with Gasteiger partial charge in [0.1, 0.15) is 24.8 Å². The zero-order chi connectivity index (χ0) is 22.6. The summed E-state index contributed by atoms with van der Waals surface area (Å²) in [6.07, 6.45) is -0.946. The van der Waals surface area contributed by atoms with Crippen molar-refractivity contribution in [3.8, 4) is 0 Å². The van der Waals surface area contributed by atoms with Crippen LogP contribution < -0.4 is 10.6 Å². The lowest BCUT2D eigenvalue weighted by Crippen LogP contribution is -2.49. The molecule has 2 amide bonds. The van der Waals surface area contributed by atoms with E-state index in [9.17, 15) is 19.2 Å². The van der Waals surface area contributed by atoms with Crippen molar-refractivity contribution in [3.05, 3.63) is 35.9 Å². The van der Waals surface area contributed by atoms with E-state index in [1.54, 1.807) is 27.7 Å². The van der Waals surface area contributed by atoms with Crippen LogP contribution in [0.4, 0.5) is 4.79 Å². The third-order valence-corrected chi connectivity index (χ3v) is 3.60. The van der Waals surface area contributed by atoms with Gasteiger partial charge >= 0.3 is 18.0 Å². The highest BCUT2D eigenvalue weighted by Gasteiger charge is 2.25. The molecular weight excluding hydrogens is 392 g/mol. The highest BCUT2D eigenvalue weighted by molar-refractivity contribution is 5.88. The molecule has 0 fully saturated rings. The number of carbonyl (C=O) groups excluding carboxylic acids is 4. The van der Waals surface area contributed by atoms with E-state index in [0.29, 0.717) is 0 Å². The molecule has 1 aromatic rings. The number of rotatable bonds is 10. The molecular formula is C21H30N2O7. The van der Waals surface area contributed by atoms with Gasteiger partial charge in [-0.1, -0.05) is 30.3 Å². The van der Waals surface area contributed by atoms with Crippen molar-refractivity contribution < 1.29 is 33.4 Å². The molecule has 2 N–H and O–H groups in total. The molecule has 0 unspecified atom stereocenters. The molecule has 1 atom stereocenters. The molecule has 9 heteroatoms. The lowest BCUT2D eigenvalue weighted by atomic mass is 10.1. The molecule has 0 spiro atoms. The van der Waals surface area contributed by atoms with Crippen LogP contribution in [0.25, 0.3) is 0 Å². The fraction of sp³-hybridized carbons (Fsp3) is 0.524. The maximum Gasteiger partial charge on any atom is 0.408 e. The molecule has 1 aromatic carbocycles. The van der Waals surface area contributed by atoms with Gasteiger partial charge in [0.05, 0.1) is 6.61 Å². The lowest BCUT2D eigenvalue weighted by Gasteiger charge is -2.23. The Morgan fingerprint density at radius 3 is 2.27 bits per heavy atom. The number of carbonyl (C=O) groups is 4. The SMILES string of the molecule is CCOC(=O)CNC(=O)[C@H](CCC(=O)OCc1ccccc1)NC(=O)OC(C)(C)C. The van der Waals surface area contributed by atoms with Crippen LogP contribution in [-0.4, -0.2) is 48.7 Å². The minimum absolute atomic E-state index is 0.0263. The third kappa shape index (κ3) is 11.0. The van der Waals surface area contributed by atoms with Gasteiger partial charge in [-0.2, -0.15) is 0 Å². The van der Waals surface area contributed by atoms with E-state index < -0.39 is 35.6 Å². The van der Waals surface area contributed by atoms with Crippen molar-refractivity contribution in [2.24, 2.45) is 0 Å². The lowest BCUT2D eigenvalue weighted by molar-refractivity contribution is -0.146. The summed E-state index contributed by atoms with van der Waals surface area (Å²) in [7, 11) is 0. The molecule has 0 aliphatic carbocycles. The summed E-state index contributed by atoms with van der Waals surface area (Å²) in [5.41, 5.74) is 0.0754. The molecule has 0 aliphatic heterocycles. The number of amides is 2. The van der Waals surface area contributed by atoms with Crippen LogP contribution in [0.15, 0.2) is 30.3 Å². The molecule has 166 valence electrons. The Balaban J connectivity index is 2.62. The molecule has 0 aromatic heterocycles. The molecule has 9 nitrogen and oxygen atoms in total. The summed E-state index contributed by atoms with van der Waals surface area (Å²) >= 11 is 0. The fourth-order valence-electron chi connectivity index (χ4n) is 2.29. The second kappa shape index (κ2) is 12.5. The quantitative estimate of drug-likeness (QED) is 0.437. The highest BCUT2D eigenvalue weighted by atomic mass is 16.6. The van der Waals surface area contributed by atoms with Crippen LogP contribution in [0.2, 0.25) is 0 Å². The van der Waals surface area contributed by atoms with Crippen molar-refractivity contribution in [2.75, 3.05) is 13.2 Å². The first-order chi connectivity index (χ1) is 14.1. The van der Waals surface area contributed by atoms with Crippen LogP contribution in [0.5, 0.6) is 0 Å². The molecule has 0 saturated heterocycles. The van der Waals surface area contributed by atoms with Gasteiger partial charge in [0.25, 0.3) is 0 Å². The zero-order valence-electron chi connectivity index (χ0n) is 17.9. The Morgan fingerprint density at radius 2 is 1.67 bits per heavy atom. The van der Waals surface area contributed by atoms with E-state index in [2.05, 4.69) is 10.6 Å². The number of esters is 2. The predicted molar refractivity (Wildman–Crippen MR) is 108 cm³/mol. The molecule has 30 heavy (non-hydrogen) atoms. The molecule has 1 rings (SSSR count). The number of benzene rings is 1. The van der Waals surface area contributed by atoms with Gasteiger partial charge in [-0.25, -0.2) is 4.79 Å². The molecule has 0 bridgehead atoms. The molecule has 0 radical (unpaired) electrons. The average molecular weight is 422 g/mol. The minimum atomic E-state index is -1.08. The number of ether oxygens (including phenoxy) is 3. The van der Waals surface area contributed by atoms with Gasteiger partial charge in [0.2, 0.25) is 5.91 Å². The summed E-state index contributed by atoms with van der Waals surface area (Å²) in [5.74, 6) is -1.76. The highest BCUT2D eigenvalue weighted by Crippen LogP contribution is 2.09. The maximum atomic E-state index is 12.4. The van der Waals surface area contributed by atoms with Gasteiger partial charge in [0, 0.05) is 6.42 Å². The Hall–Kier alpha value is -3.10. The molecule has 0 aliphatic rings. The van der Waals surface area contributed by atoms with Crippen LogP contribution >= 0.6 is 0 Å². The summed E-state index contributed by atoms with van der Waals surface area (Å²) in [6, 6.07) is 8.08. The van der Waals surface area contributed by atoms with Crippen molar-refractivity contribution >= 4 is 23.9 Å². The van der Waals surface area contributed by atoms with Crippen molar-refractivity contribution in [1.29, 1.82) is 0 Å². The Kier molecular flexibility index (Phi) is 10.4. The second-order valence-corrected chi connectivity index (χ2v) is 7.41. The van der Waals surface area contributed by atoms with Crippen molar-refractivity contribution in [1.82, 2.24) is 10.6 Å². The van der Waals surface area contributed by atoms with Crippen LogP contribution in [-0.2, 0) is 35.2 Å². The average Bonchev–Trinajstić information content (AvgIpc) is 2.67. The van der Waals surface area contributed by atoms with Gasteiger partial charge in [-0.3, -0.25) is 14.4 Å². The fourth-order valence-corrected chi connectivity index (χ4v) is 2.29.